The average Bonchev–Trinajstić information content (AvgIpc) is 2.87. The second-order valence-electron chi connectivity index (χ2n) is 5.30. The molecule has 0 aliphatic carbocycles. The molecule has 1 aromatic rings. The zero-order valence-corrected chi connectivity index (χ0v) is 12.5. The minimum Gasteiger partial charge on any atom is -0.313 e. The van der Waals surface area contributed by atoms with E-state index in [4.69, 9.17) is 0 Å². The zero-order valence-electron chi connectivity index (χ0n) is 11.7. The first-order valence-electron chi connectivity index (χ1n) is 7.33. The number of thiophene rings is 1. The molecular weight excluding hydrogens is 240 g/mol. The summed E-state index contributed by atoms with van der Waals surface area (Å²) in [6, 6.07) is 5.20. The van der Waals surface area contributed by atoms with Gasteiger partial charge in [0.1, 0.15) is 0 Å². The molecule has 2 N–H and O–H groups in total. The first kappa shape index (κ1) is 14.0. The van der Waals surface area contributed by atoms with Crippen LogP contribution >= 0.6 is 11.3 Å². The standard InChI is InChI=1S/C15H26N2S/c1-3-12-7-8-17-13(9-12)10-16-11-15-6-5-14(4-2)18-15/h5-6,12-13,16-17H,3-4,7-11H2,1-2H3. The van der Waals surface area contributed by atoms with Crippen LogP contribution in [0.4, 0.5) is 0 Å². The summed E-state index contributed by atoms with van der Waals surface area (Å²) in [6.45, 7) is 7.87. The van der Waals surface area contributed by atoms with E-state index in [1.807, 2.05) is 11.3 Å². The molecule has 2 unspecified atom stereocenters. The second-order valence-corrected chi connectivity index (χ2v) is 6.56. The van der Waals surface area contributed by atoms with E-state index >= 15 is 0 Å². The largest absolute Gasteiger partial charge is 0.313 e. The Labute approximate surface area is 115 Å². The van der Waals surface area contributed by atoms with Gasteiger partial charge in [0.25, 0.3) is 0 Å². The number of nitrogens with one attached hydrogen (secondary N) is 2. The van der Waals surface area contributed by atoms with E-state index in [1.54, 1.807) is 0 Å². The lowest BCUT2D eigenvalue weighted by molar-refractivity contribution is 0.288. The van der Waals surface area contributed by atoms with Crippen LogP contribution in [0.5, 0.6) is 0 Å². The Morgan fingerprint density at radius 1 is 1.33 bits per heavy atom. The molecule has 1 aromatic heterocycles. The molecule has 0 amide bonds. The normalized spacial score (nSPS) is 24.3. The van der Waals surface area contributed by atoms with E-state index in [0.717, 1.165) is 25.4 Å². The van der Waals surface area contributed by atoms with Crippen molar-refractivity contribution < 1.29 is 0 Å². The number of piperidine rings is 1. The van der Waals surface area contributed by atoms with E-state index in [1.165, 1.54) is 35.6 Å². The summed E-state index contributed by atoms with van der Waals surface area (Å²) in [4.78, 5) is 2.96. The maximum absolute atomic E-state index is 3.63. The first-order chi connectivity index (χ1) is 8.81. The van der Waals surface area contributed by atoms with Crippen molar-refractivity contribution in [1.82, 2.24) is 10.6 Å². The minimum absolute atomic E-state index is 0.675. The Morgan fingerprint density at radius 2 is 2.17 bits per heavy atom. The minimum atomic E-state index is 0.675. The Morgan fingerprint density at radius 3 is 2.89 bits per heavy atom. The molecule has 0 saturated carbocycles. The molecule has 1 fully saturated rings. The molecule has 0 spiro atoms. The molecule has 1 aliphatic rings. The van der Waals surface area contributed by atoms with Crippen molar-refractivity contribution in [3.05, 3.63) is 21.9 Å². The van der Waals surface area contributed by atoms with Crippen LogP contribution in [0, 0.1) is 5.92 Å². The fourth-order valence-corrected chi connectivity index (χ4v) is 3.63. The van der Waals surface area contributed by atoms with Gasteiger partial charge in [-0.25, -0.2) is 0 Å². The van der Waals surface area contributed by atoms with Crippen molar-refractivity contribution in [2.24, 2.45) is 5.92 Å². The molecule has 3 heteroatoms. The summed E-state index contributed by atoms with van der Waals surface area (Å²) in [5.74, 6) is 0.937. The molecule has 0 aromatic carbocycles. The lowest BCUT2D eigenvalue weighted by Gasteiger charge is -2.29. The van der Waals surface area contributed by atoms with Crippen molar-refractivity contribution in [1.29, 1.82) is 0 Å². The average molecular weight is 266 g/mol. The predicted molar refractivity (Wildman–Crippen MR) is 80.2 cm³/mol. The van der Waals surface area contributed by atoms with E-state index in [-0.39, 0.29) is 0 Å². The van der Waals surface area contributed by atoms with E-state index < -0.39 is 0 Å². The SMILES string of the molecule is CCc1ccc(CNCC2CC(CC)CCN2)s1. The van der Waals surface area contributed by atoms with Crippen LogP contribution in [0.15, 0.2) is 12.1 Å². The monoisotopic (exact) mass is 266 g/mol. The van der Waals surface area contributed by atoms with Gasteiger partial charge in [-0.15, -0.1) is 11.3 Å². The van der Waals surface area contributed by atoms with Crippen molar-refractivity contribution in [2.75, 3.05) is 13.1 Å². The molecule has 0 bridgehead atoms. The summed E-state index contributed by atoms with van der Waals surface area (Å²) >= 11 is 1.94. The molecule has 2 rings (SSSR count). The van der Waals surface area contributed by atoms with Crippen LogP contribution in [0.1, 0.15) is 42.9 Å². The topological polar surface area (TPSA) is 24.1 Å². The summed E-state index contributed by atoms with van der Waals surface area (Å²) in [7, 11) is 0. The fourth-order valence-electron chi connectivity index (χ4n) is 2.70. The molecule has 0 radical (unpaired) electrons. The summed E-state index contributed by atoms with van der Waals surface area (Å²) in [6.07, 6.45) is 5.20. The van der Waals surface area contributed by atoms with Gasteiger partial charge < -0.3 is 10.6 Å². The molecule has 1 aliphatic heterocycles. The van der Waals surface area contributed by atoms with Crippen molar-refractivity contribution >= 4 is 11.3 Å². The lowest BCUT2D eigenvalue weighted by atomic mass is 9.90. The lowest BCUT2D eigenvalue weighted by Crippen LogP contribution is -2.44. The smallest absolute Gasteiger partial charge is 0.0300 e. The number of hydrogen-bond acceptors (Lipinski definition) is 3. The van der Waals surface area contributed by atoms with E-state index in [9.17, 15) is 0 Å². The quantitative estimate of drug-likeness (QED) is 0.826. The number of rotatable bonds is 6. The first-order valence-corrected chi connectivity index (χ1v) is 8.15. The molecule has 2 heterocycles. The third kappa shape index (κ3) is 4.08. The second kappa shape index (κ2) is 7.27. The van der Waals surface area contributed by atoms with Crippen LogP contribution in [0.3, 0.4) is 0 Å². The molecule has 18 heavy (non-hydrogen) atoms. The maximum atomic E-state index is 3.63. The van der Waals surface area contributed by atoms with Gasteiger partial charge in [0, 0.05) is 28.9 Å². The Balaban J connectivity index is 1.68. The van der Waals surface area contributed by atoms with Crippen LogP contribution in [-0.4, -0.2) is 19.1 Å². The van der Waals surface area contributed by atoms with E-state index in [2.05, 4.69) is 36.6 Å². The highest BCUT2D eigenvalue weighted by molar-refractivity contribution is 7.11. The van der Waals surface area contributed by atoms with Crippen LogP contribution in [0.2, 0.25) is 0 Å². The van der Waals surface area contributed by atoms with Crippen molar-refractivity contribution in [3.63, 3.8) is 0 Å². The third-order valence-electron chi connectivity index (χ3n) is 3.94. The highest BCUT2D eigenvalue weighted by Gasteiger charge is 2.19. The zero-order chi connectivity index (χ0) is 12.8. The molecule has 2 atom stereocenters. The Hall–Kier alpha value is -0.380. The fraction of sp³-hybridized carbons (Fsp3) is 0.733. The third-order valence-corrected chi connectivity index (χ3v) is 5.17. The van der Waals surface area contributed by atoms with Crippen LogP contribution < -0.4 is 10.6 Å². The van der Waals surface area contributed by atoms with Gasteiger partial charge in [-0.3, -0.25) is 0 Å². The van der Waals surface area contributed by atoms with Gasteiger partial charge in [0.15, 0.2) is 0 Å². The van der Waals surface area contributed by atoms with Gasteiger partial charge in [0.2, 0.25) is 0 Å². The summed E-state index contributed by atoms with van der Waals surface area (Å²) in [5.41, 5.74) is 0. The summed E-state index contributed by atoms with van der Waals surface area (Å²) < 4.78 is 0. The van der Waals surface area contributed by atoms with Crippen molar-refractivity contribution in [2.45, 2.75) is 52.1 Å². The van der Waals surface area contributed by atoms with Crippen molar-refractivity contribution in [3.8, 4) is 0 Å². The number of hydrogen-bond donors (Lipinski definition) is 2. The Bertz CT molecular complexity index is 348. The molecule has 2 nitrogen and oxygen atoms in total. The van der Waals surface area contributed by atoms with E-state index in [0.29, 0.717) is 6.04 Å². The van der Waals surface area contributed by atoms with Gasteiger partial charge in [-0.05, 0) is 43.9 Å². The molecule has 102 valence electrons. The molecule has 1 saturated heterocycles. The van der Waals surface area contributed by atoms with Gasteiger partial charge in [-0.1, -0.05) is 20.3 Å². The predicted octanol–water partition coefficient (Wildman–Crippen LogP) is 3.18. The van der Waals surface area contributed by atoms with Crippen LogP contribution in [-0.2, 0) is 13.0 Å². The van der Waals surface area contributed by atoms with Gasteiger partial charge in [0.05, 0.1) is 0 Å². The van der Waals surface area contributed by atoms with Crippen LogP contribution in [0.25, 0.3) is 0 Å². The Kier molecular flexibility index (Phi) is 5.67. The van der Waals surface area contributed by atoms with Gasteiger partial charge >= 0.3 is 0 Å². The summed E-state index contributed by atoms with van der Waals surface area (Å²) in [5, 5.41) is 7.23. The number of aryl methyl sites for hydroxylation is 1. The maximum Gasteiger partial charge on any atom is 0.0300 e. The highest BCUT2D eigenvalue weighted by atomic mass is 32.1. The molecular formula is C15H26N2S. The highest BCUT2D eigenvalue weighted by Crippen LogP contribution is 2.19. The van der Waals surface area contributed by atoms with Gasteiger partial charge in [-0.2, -0.15) is 0 Å².